The Morgan fingerprint density at radius 3 is 2.26 bits per heavy atom. The van der Waals surface area contributed by atoms with E-state index in [9.17, 15) is 24.4 Å². The van der Waals surface area contributed by atoms with Gasteiger partial charge in [0.2, 0.25) is 0 Å². The number of hydrogen-bond donors (Lipinski definition) is 6. The number of fused-ring (bicyclic) bond motifs is 1. The molecule has 1 aliphatic rings. The zero-order valence-electron chi connectivity index (χ0n) is 21.0. The predicted molar refractivity (Wildman–Crippen MR) is 131 cm³/mol. The van der Waals surface area contributed by atoms with Crippen LogP contribution in [0.4, 0.5) is 5.82 Å². The number of nitrogens with one attached hydrogen (secondary N) is 1. The zero-order chi connectivity index (χ0) is 28.3. The predicted octanol–water partition coefficient (Wildman–Crippen LogP) is -1.41. The van der Waals surface area contributed by atoms with E-state index in [4.69, 9.17) is 30.3 Å². The highest BCUT2D eigenvalue weighted by Crippen LogP contribution is 2.36. The van der Waals surface area contributed by atoms with Gasteiger partial charge in [-0.05, 0) is 13.8 Å². The first-order valence-corrected chi connectivity index (χ1v) is 13.4. The molecular formula is C20H34N7O10P. The van der Waals surface area contributed by atoms with Crippen molar-refractivity contribution in [3.63, 3.8) is 0 Å². The average molecular weight is 564 g/mol. The van der Waals surface area contributed by atoms with Crippen molar-refractivity contribution in [1.29, 1.82) is 0 Å². The molecule has 38 heavy (non-hydrogen) atoms. The Hall–Kier alpha value is -2.76. The van der Waals surface area contributed by atoms with Crippen LogP contribution in [0.2, 0.25) is 0 Å². The summed E-state index contributed by atoms with van der Waals surface area (Å²) >= 11 is 0. The van der Waals surface area contributed by atoms with Gasteiger partial charge in [-0.2, -0.15) is 0 Å². The molecular weight excluding hydrogens is 529 g/mol. The maximum atomic E-state index is 10.9. The van der Waals surface area contributed by atoms with Crippen molar-refractivity contribution in [2.24, 2.45) is 5.50 Å². The van der Waals surface area contributed by atoms with E-state index in [0.29, 0.717) is 50.3 Å². The third-order valence-corrected chi connectivity index (χ3v) is 5.56. The number of rotatable bonds is 12. The number of nitrogens with two attached hydrogens (primary N) is 2. The van der Waals surface area contributed by atoms with Gasteiger partial charge in [0, 0.05) is 13.1 Å². The van der Waals surface area contributed by atoms with Crippen molar-refractivity contribution in [3.8, 4) is 0 Å². The van der Waals surface area contributed by atoms with Crippen LogP contribution in [-0.4, -0.2) is 97.8 Å². The minimum Gasteiger partial charge on any atom is -0.466 e. The second-order valence-corrected chi connectivity index (χ2v) is 9.24. The SMILES string of the molecule is CCOC(=O)CCNCCC(=O)OCC.Nc1ncnc2c1ncn2[C@@H]1O[C@H](COP(N)(=O)O)[C@@H](O)[C@H]1O. The lowest BCUT2D eigenvalue weighted by molar-refractivity contribution is -0.143. The topological polar surface area (TPSA) is 256 Å². The van der Waals surface area contributed by atoms with Crippen LogP contribution in [0.5, 0.6) is 0 Å². The lowest BCUT2D eigenvalue weighted by atomic mass is 10.1. The Morgan fingerprint density at radius 1 is 1.11 bits per heavy atom. The Kier molecular flexibility index (Phi) is 12.4. The summed E-state index contributed by atoms with van der Waals surface area (Å²) in [5.41, 5.74) is 11.2. The second kappa shape index (κ2) is 15.0. The largest absolute Gasteiger partial charge is 0.466 e. The van der Waals surface area contributed by atoms with E-state index in [-0.39, 0.29) is 17.8 Å². The minimum absolute atomic E-state index is 0.158. The Bertz CT molecular complexity index is 1080. The molecule has 0 bridgehead atoms. The van der Waals surface area contributed by atoms with E-state index in [1.807, 2.05) is 0 Å². The average Bonchev–Trinajstić information content (AvgIpc) is 3.40. The lowest BCUT2D eigenvalue weighted by Gasteiger charge is -2.16. The lowest BCUT2D eigenvalue weighted by Crippen LogP contribution is -2.33. The van der Waals surface area contributed by atoms with Crippen LogP contribution < -0.4 is 16.6 Å². The van der Waals surface area contributed by atoms with Crippen molar-refractivity contribution in [1.82, 2.24) is 24.8 Å². The summed E-state index contributed by atoms with van der Waals surface area (Å²) in [5.74, 6) is -0.284. The zero-order valence-corrected chi connectivity index (χ0v) is 21.9. The summed E-state index contributed by atoms with van der Waals surface area (Å²) in [6.07, 6.45) is -1.57. The van der Waals surface area contributed by atoms with E-state index in [2.05, 4.69) is 24.8 Å². The summed E-state index contributed by atoms with van der Waals surface area (Å²) in [5, 5.41) is 23.1. The van der Waals surface area contributed by atoms with Crippen LogP contribution in [-0.2, 0) is 32.9 Å². The molecule has 1 aliphatic heterocycles. The number of anilines is 1. The molecule has 1 unspecified atom stereocenters. The van der Waals surface area contributed by atoms with E-state index >= 15 is 0 Å². The van der Waals surface area contributed by atoms with E-state index < -0.39 is 38.9 Å². The number of carbonyl (C=O) groups is 2. The van der Waals surface area contributed by atoms with Gasteiger partial charge in [0.1, 0.15) is 30.2 Å². The van der Waals surface area contributed by atoms with Crippen LogP contribution in [0, 0.1) is 0 Å². The summed E-state index contributed by atoms with van der Waals surface area (Å²) in [4.78, 5) is 42.5. The fourth-order valence-corrected chi connectivity index (χ4v) is 3.67. The summed E-state index contributed by atoms with van der Waals surface area (Å²) < 4.78 is 31.8. The van der Waals surface area contributed by atoms with Gasteiger partial charge in [0.25, 0.3) is 0 Å². The third kappa shape index (κ3) is 9.52. The number of aromatic nitrogens is 4. The summed E-state index contributed by atoms with van der Waals surface area (Å²) in [6.45, 7) is 4.93. The Balaban J connectivity index is 0.000000296. The molecule has 3 heterocycles. The van der Waals surface area contributed by atoms with Gasteiger partial charge in [-0.1, -0.05) is 0 Å². The number of carbonyl (C=O) groups excluding carboxylic acids is 2. The van der Waals surface area contributed by atoms with Crippen molar-refractivity contribution in [3.05, 3.63) is 12.7 Å². The molecule has 214 valence electrons. The van der Waals surface area contributed by atoms with Crippen LogP contribution >= 0.6 is 7.75 Å². The first-order valence-electron chi connectivity index (χ1n) is 11.7. The smallest absolute Gasteiger partial charge is 0.400 e. The van der Waals surface area contributed by atoms with Gasteiger partial charge >= 0.3 is 19.7 Å². The molecule has 0 aliphatic carbocycles. The van der Waals surface area contributed by atoms with Gasteiger partial charge in [-0.25, -0.2) is 25.0 Å². The molecule has 18 heteroatoms. The highest BCUT2D eigenvalue weighted by Gasteiger charge is 2.45. The van der Waals surface area contributed by atoms with Crippen LogP contribution in [0.15, 0.2) is 12.7 Å². The molecule has 0 aromatic carbocycles. The molecule has 2 aromatic rings. The number of aliphatic hydroxyl groups excluding tert-OH is 2. The molecule has 17 nitrogen and oxygen atoms in total. The molecule has 0 amide bonds. The third-order valence-electron chi connectivity index (χ3n) is 5.04. The molecule has 2 aromatic heterocycles. The number of imidazole rings is 1. The van der Waals surface area contributed by atoms with Gasteiger partial charge in [-0.3, -0.25) is 18.7 Å². The van der Waals surface area contributed by atoms with Crippen LogP contribution in [0.1, 0.15) is 32.9 Å². The molecule has 0 saturated carbocycles. The molecule has 5 atom stereocenters. The molecule has 8 N–H and O–H groups in total. The molecule has 0 radical (unpaired) electrons. The minimum atomic E-state index is -4.22. The normalized spacial score (nSPS) is 22.4. The number of hydrogen-bond acceptors (Lipinski definition) is 14. The Labute approximate surface area is 218 Å². The fraction of sp³-hybridized carbons (Fsp3) is 0.650. The van der Waals surface area contributed by atoms with Gasteiger partial charge in [0.05, 0.1) is 39.0 Å². The van der Waals surface area contributed by atoms with E-state index in [1.54, 1.807) is 13.8 Å². The number of ether oxygens (including phenoxy) is 3. The summed E-state index contributed by atoms with van der Waals surface area (Å²) in [7, 11) is -4.22. The molecule has 3 rings (SSSR count). The number of aliphatic hydroxyl groups is 2. The standard InChI is InChI=1S/C10H15N6O6P.C10H19NO4/c11-8-5-9(14-2-13-8)16(3-15-5)10-7(18)6(17)4(22-10)1-21-23(12,19)20;1-3-14-9(12)5-7-11-8-6-10(13)15-4-2/h2-4,6-7,10,17-18H,1H2,(H2,11,13,14)(H3,12,19,20);11H,3-8H2,1-2H3/t4-,6-,7-,10-;/m1./s1. The van der Waals surface area contributed by atoms with Crippen molar-refractivity contribution >= 4 is 36.7 Å². The van der Waals surface area contributed by atoms with Gasteiger partial charge in [-0.15, -0.1) is 0 Å². The van der Waals surface area contributed by atoms with E-state index in [0.717, 1.165) is 0 Å². The highest BCUT2D eigenvalue weighted by atomic mass is 31.2. The molecule has 1 saturated heterocycles. The fourth-order valence-electron chi connectivity index (χ4n) is 3.31. The first-order chi connectivity index (χ1) is 18.0. The summed E-state index contributed by atoms with van der Waals surface area (Å²) in [6, 6.07) is 0. The van der Waals surface area contributed by atoms with Crippen molar-refractivity contribution < 1.29 is 48.0 Å². The highest BCUT2D eigenvalue weighted by molar-refractivity contribution is 7.50. The monoisotopic (exact) mass is 563 g/mol. The van der Waals surface area contributed by atoms with Crippen molar-refractivity contribution in [2.45, 2.75) is 51.2 Å². The van der Waals surface area contributed by atoms with Crippen molar-refractivity contribution in [2.75, 3.05) is 38.6 Å². The number of nitrogens with zero attached hydrogens (tertiary/aromatic N) is 4. The maximum absolute atomic E-state index is 10.9. The van der Waals surface area contributed by atoms with Crippen LogP contribution in [0.25, 0.3) is 11.2 Å². The molecule has 0 spiro atoms. The number of nitrogen functional groups attached to an aromatic ring is 1. The van der Waals surface area contributed by atoms with Gasteiger partial charge < -0.3 is 40.4 Å². The molecule has 1 fully saturated rings. The first kappa shape index (κ1) is 31.5. The number of esters is 2. The van der Waals surface area contributed by atoms with Crippen LogP contribution in [0.3, 0.4) is 0 Å². The Morgan fingerprint density at radius 2 is 1.71 bits per heavy atom. The van der Waals surface area contributed by atoms with Gasteiger partial charge in [0.15, 0.2) is 17.7 Å². The maximum Gasteiger partial charge on any atom is 0.400 e. The van der Waals surface area contributed by atoms with E-state index in [1.165, 1.54) is 17.2 Å². The quantitative estimate of drug-likeness (QED) is 0.0984. The second-order valence-electron chi connectivity index (χ2n) is 7.85.